The Morgan fingerprint density at radius 1 is 1.07 bits per heavy atom. The van der Waals surface area contributed by atoms with Crippen molar-refractivity contribution in [1.29, 1.82) is 0 Å². The summed E-state index contributed by atoms with van der Waals surface area (Å²) < 4.78 is 68.7. The van der Waals surface area contributed by atoms with Crippen molar-refractivity contribution in [3.8, 4) is 11.7 Å². The van der Waals surface area contributed by atoms with Gasteiger partial charge in [0.2, 0.25) is 0 Å². The van der Waals surface area contributed by atoms with Gasteiger partial charge in [0.15, 0.2) is 0 Å². The molecule has 0 radical (unpaired) electrons. The van der Waals surface area contributed by atoms with E-state index in [1.54, 1.807) is 0 Å². The number of rotatable bonds is 5. The molecule has 3 aromatic rings. The summed E-state index contributed by atoms with van der Waals surface area (Å²) in [7, 11) is -4.04. The Morgan fingerprint density at radius 3 is 2.18 bits per heavy atom. The molecule has 2 aromatic heterocycles. The highest BCUT2D eigenvalue weighted by atomic mass is 32.2. The van der Waals surface area contributed by atoms with Gasteiger partial charge in [-0.15, -0.1) is 13.2 Å². The number of sulfonamides is 1. The van der Waals surface area contributed by atoms with E-state index in [0.29, 0.717) is 0 Å². The molecule has 12 heteroatoms. The zero-order chi connectivity index (χ0) is 20.5. The maximum atomic E-state index is 12.4. The number of hydrogen-bond acceptors (Lipinski definition) is 6. The number of halogens is 3. The van der Waals surface area contributed by atoms with Crippen molar-refractivity contribution in [1.82, 2.24) is 19.7 Å². The van der Waals surface area contributed by atoms with Crippen molar-refractivity contribution in [2.45, 2.75) is 25.1 Å². The molecule has 8 nitrogen and oxygen atoms in total. The predicted molar refractivity (Wildman–Crippen MR) is 92.6 cm³/mol. The van der Waals surface area contributed by atoms with Gasteiger partial charge in [-0.3, -0.25) is 4.72 Å². The first-order valence-corrected chi connectivity index (χ1v) is 9.26. The quantitative estimate of drug-likeness (QED) is 0.691. The van der Waals surface area contributed by atoms with Crippen LogP contribution in [0.15, 0.2) is 47.6 Å². The molecule has 3 rings (SSSR count). The first kappa shape index (κ1) is 19.6. The van der Waals surface area contributed by atoms with E-state index < -0.39 is 22.1 Å². The maximum Gasteiger partial charge on any atom is 0.573 e. The summed E-state index contributed by atoms with van der Waals surface area (Å²) in [6.45, 7) is 3.64. The number of nitrogens with zero attached hydrogens (tertiary/aromatic N) is 4. The van der Waals surface area contributed by atoms with Gasteiger partial charge in [-0.25, -0.2) is 23.1 Å². The first-order chi connectivity index (χ1) is 13.0. The zero-order valence-electron chi connectivity index (χ0n) is 14.6. The van der Waals surface area contributed by atoms with Crippen LogP contribution in [0.4, 0.5) is 18.9 Å². The van der Waals surface area contributed by atoms with Gasteiger partial charge >= 0.3 is 6.36 Å². The summed E-state index contributed by atoms with van der Waals surface area (Å²) in [5.74, 6) is -0.258. The van der Waals surface area contributed by atoms with Gasteiger partial charge in [-0.05, 0) is 44.2 Å². The van der Waals surface area contributed by atoms with Crippen LogP contribution in [-0.2, 0) is 10.0 Å². The smallest absolute Gasteiger partial charge is 0.406 e. The molecular weight excluding hydrogens is 399 g/mol. The van der Waals surface area contributed by atoms with E-state index in [0.717, 1.165) is 35.7 Å². The molecule has 0 aliphatic rings. The number of aryl methyl sites for hydroxylation is 2. The molecule has 1 aromatic carbocycles. The number of anilines is 1. The third kappa shape index (κ3) is 4.57. The van der Waals surface area contributed by atoms with Crippen molar-refractivity contribution in [2.24, 2.45) is 0 Å². The number of aromatic nitrogens is 4. The van der Waals surface area contributed by atoms with E-state index in [9.17, 15) is 21.6 Å². The van der Waals surface area contributed by atoms with E-state index in [2.05, 4.69) is 24.5 Å². The Labute approximate surface area is 158 Å². The van der Waals surface area contributed by atoms with Gasteiger partial charge in [0.1, 0.15) is 5.75 Å². The summed E-state index contributed by atoms with van der Waals surface area (Å²) >= 11 is 0. The van der Waals surface area contributed by atoms with Crippen LogP contribution in [0.5, 0.6) is 5.75 Å². The average Bonchev–Trinajstić information content (AvgIpc) is 2.92. The van der Waals surface area contributed by atoms with Crippen molar-refractivity contribution < 1.29 is 26.3 Å². The predicted octanol–water partition coefficient (Wildman–Crippen LogP) is 2.98. The molecule has 28 heavy (non-hydrogen) atoms. The largest absolute Gasteiger partial charge is 0.573 e. The van der Waals surface area contributed by atoms with Gasteiger partial charge in [-0.1, -0.05) is 0 Å². The molecule has 1 N–H and O–H groups in total. The molecule has 0 spiro atoms. The van der Waals surface area contributed by atoms with Crippen LogP contribution in [0.2, 0.25) is 0 Å². The van der Waals surface area contributed by atoms with E-state index in [1.165, 1.54) is 17.1 Å². The summed E-state index contributed by atoms with van der Waals surface area (Å²) in [6, 6.07) is 5.64. The van der Waals surface area contributed by atoms with Crippen LogP contribution in [0.1, 0.15) is 11.4 Å². The second-order valence-electron chi connectivity index (χ2n) is 5.74. The number of alkyl halides is 3. The van der Waals surface area contributed by atoms with Crippen LogP contribution in [-0.4, -0.2) is 34.5 Å². The van der Waals surface area contributed by atoms with E-state index >= 15 is 0 Å². The van der Waals surface area contributed by atoms with Crippen LogP contribution in [0.25, 0.3) is 5.95 Å². The normalized spacial score (nSPS) is 12.0. The molecule has 0 unspecified atom stereocenters. The summed E-state index contributed by atoms with van der Waals surface area (Å²) in [6.07, 6.45) is -2.34. The molecule has 0 bridgehead atoms. The summed E-state index contributed by atoms with van der Waals surface area (Å²) in [5, 5.41) is 4.23. The SMILES string of the molecule is Cc1cc(C)n(-c2ncc(NS(=O)(=O)c3ccc(OC(F)(F)F)cc3)cn2)n1. The lowest BCUT2D eigenvalue weighted by Crippen LogP contribution is -2.17. The standard InChI is InChI=1S/C16H14F3N5O3S/c1-10-7-11(2)24(22-10)15-20-8-12(9-21-15)23-28(25,26)14-5-3-13(4-6-14)27-16(17,18)19/h3-9,23H,1-2H3. The fourth-order valence-corrected chi connectivity index (χ4v) is 3.38. The Balaban J connectivity index is 1.76. The van der Waals surface area contributed by atoms with Crippen molar-refractivity contribution in [3.05, 3.63) is 54.1 Å². The molecule has 0 saturated carbocycles. The molecule has 0 saturated heterocycles. The maximum absolute atomic E-state index is 12.4. The minimum absolute atomic E-state index is 0.0842. The van der Waals surface area contributed by atoms with Gasteiger partial charge < -0.3 is 4.74 Å². The molecular formula is C16H14F3N5O3S. The third-order valence-corrected chi connectivity index (χ3v) is 4.85. The topological polar surface area (TPSA) is 99.0 Å². The van der Waals surface area contributed by atoms with Crippen LogP contribution in [0, 0.1) is 13.8 Å². The monoisotopic (exact) mass is 413 g/mol. The third-order valence-electron chi connectivity index (χ3n) is 3.46. The van der Waals surface area contributed by atoms with Gasteiger partial charge in [-0.2, -0.15) is 5.10 Å². The lowest BCUT2D eigenvalue weighted by atomic mass is 10.3. The van der Waals surface area contributed by atoms with Crippen LogP contribution < -0.4 is 9.46 Å². The minimum Gasteiger partial charge on any atom is -0.406 e. The highest BCUT2D eigenvalue weighted by Gasteiger charge is 2.31. The molecule has 0 amide bonds. The van der Waals surface area contributed by atoms with Gasteiger partial charge in [0.05, 0.1) is 28.7 Å². The molecule has 2 heterocycles. The van der Waals surface area contributed by atoms with Crippen molar-refractivity contribution in [3.63, 3.8) is 0 Å². The Bertz CT molecular complexity index is 1080. The van der Waals surface area contributed by atoms with E-state index in [-0.39, 0.29) is 16.5 Å². The van der Waals surface area contributed by atoms with Crippen molar-refractivity contribution >= 4 is 15.7 Å². The fourth-order valence-electron chi connectivity index (χ4n) is 2.35. The molecule has 0 fully saturated rings. The zero-order valence-corrected chi connectivity index (χ0v) is 15.4. The average molecular weight is 413 g/mol. The van der Waals surface area contributed by atoms with Gasteiger partial charge in [0.25, 0.3) is 16.0 Å². The van der Waals surface area contributed by atoms with E-state index in [4.69, 9.17) is 0 Å². The summed E-state index contributed by atoms with van der Waals surface area (Å²) in [4.78, 5) is 7.90. The van der Waals surface area contributed by atoms with Crippen molar-refractivity contribution in [2.75, 3.05) is 4.72 Å². The lowest BCUT2D eigenvalue weighted by Gasteiger charge is -2.11. The Kier molecular flexibility index (Phi) is 4.98. The Morgan fingerprint density at radius 2 is 1.68 bits per heavy atom. The minimum atomic E-state index is -4.86. The highest BCUT2D eigenvalue weighted by Crippen LogP contribution is 2.24. The molecule has 148 valence electrons. The number of nitrogens with one attached hydrogen (secondary N) is 1. The second-order valence-corrected chi connectivity index (χ2v) is 7.42. The van der Waals surface area contributed by atoms with E-state index in [1.807, 2.05) is 19.9 Å². The number of benzene rings is 1. The fraction of sp³-hybridized carbons (Fsp3) is 0.188. The first-order valence-electron chi connectivity index (χ1n) is 7.78. The molecule has 0 aliphatic carbocycles. The Hall–Kier alpha value is -3.15. The van der Waals surface area contributed by atoms with Gasteiger partial charge in [0, 0.05) is 5.69 Å². The number of hydrogen-bond donors (Lipinski definition) is 1. The molecule has 0 aliphatic heterocycles. The summed E-state index contributed by atoms with van der Waals surface area (Å²) in [5.41, 5.74) is 1.68. The van der Waals surface area contributed by atoms with Crippen LogP contribution in [0.3, 0.4) is 0 Å². The highest BCUT2D eigenvalue weighted by molar-refractivity contribution is 7.92. The number of ether oxygens (including phenoxy) is 1. The lowest BCUT2D eigenvalue weighted by molar-refractivity contribution is -0.274. The van der Waals surface area contributed by atoms with Crippen LogP contribution >= 0.6 is 0 Å². The second kappa shape index (κ2) is 7.11. The molecule has 0 atom stereocenters.